The largest absolute Gasteiger partial charge is 0.390 e. The van der Waals surface area contributed by atoms with Gasteiger partial charge >= 0.3 is 0 Å². The Morgan fingerprint density at radius 2 is 2.11 bits per heavy atom. The van der Waals surface area contributed by atoms with E-state index in [9.17, 15) is 9.90 Å². The molecule has 2 aliphatic carbocycles. The van der Waals surface area contributed by atoms with Crippen LogP contribution in [0.5, 0.6) is 0 Å². The highest BCUT2D eigenvalue weighted by atomic mass is 35.5. The summed E-state index contributed by atoms with van der Waals surface area (Å²) in [5.41, 5.74) is 1.64. The van der Waals surface area contributed by atoms with Gasteiger partial charge in [-0.1, -0.05) is 36.2 Å². The van der Waals surface area contributed by atoms with Crippen LogP contribution in [-0.4, -0.2) is 27.6 Å². The Bertz CT molecular complexity index is 881. The minimum absolute atomic E-state index is 0.106. The normalized spacial score (nSPS) is 29.5. The summed E-state index contributed by atoms with van der Waals surface area (Å²) in [7, 11) is 0. The lowest BCUT2D eigenvalue weighted by atomic mass is 9.63. The molecule has 1 heterocycles. The average Bonchev–Trinajstić information content (AvgIpc) is 3.14. The maximum absolute atomic E-state index is 12.8. The molecule has 2 bridgehead atoms. The van der Waals surface area contributed by atoms with Gasteiger partial charge in [-0.2, -0.15) is 0 Å². The predicted octanol–water partition coefficient (Wildman–Crippen LogP) is 5.44. The summed E-state index contributed by atoms with van der Waals surface area (Å²) in [4.78, 5) is 15.9. The fourth-order valence-electron chi connectivity index (χ4n) is 5.01. The number of amides is 1. The van der Waals surface area contributed by atoms with E-state index in [0.717, 1.165) is 49.7 Å². The van der Waals surface area contributed by atoms with Crippen LogP contribution in [-0.2, 0) is 0 Å². The molecule has 1 amide bonds. The van der Waals surface area contributed by atoms with Crippen molar-refractivity contribution in [3.8, 4) is 11.1 Å². The van der Waals surface area contributed by atoms with Gasteiger partial charge in [0.1, 0.15) is 5.69 Å². The van der Waals surface area contributed by atoms with Gasteiger partial charge in [-0.3, -0.25) is 4.79 Å². The fraction of sp³-hybridized carbons (Fsp3) is 0.500. The number of aliphatic hydroxyl groups is 1. The third kappa shape index (κ3) is 3.96. The first kappa shape index (κ1) is 19.8. The second-order valence-electron chi connectivity index (χ2n) is 8.43. The number of nitrogens with one attached hydrogen (secondary N) is 2. The summed E-state index contributed by atoms with van der Waals surface area (Å²) in [6.45, 7) is 2.05. The van der Waals surface area contributed by atoms with Crippen molar-refractivity contribution in [2.45, 2.75) is 57.1 Å². The van der Waals surface area contributed by atoms with Gasteiger partial charge in [0.05, 0.1) is 5.60 Å². The standard InChI is InChI=1S/C22H26Cl2N2O2/c1-2-22(28)10-13-3-6-19(14(7-13)11-22)26-21(27)20-8-15(12-25-20)17-5-4-16(23)9-18(17)24/h4-5,8-9,12-14,19,25,28H,2-3,6-7,10-11H2,1H3,(H,26,27). The van der Waals surface area contributed by atoms with Crippen molar-refractivity contribution in [1.29, 1.82) is 0 Å². The molecule has 4 atom stereocenters. The highest BCUT2D eigenvalue weighted by Gasteiger charge is 2.44. The summed E-state index contributed by atoms with van der Waals surface area (Å²) in [5.74, 6) is 0.827. The van der Waals surface area contributed by atoms with Crippen LogP contribution in [0, 0.1) is 11.8 Å². The van der Waals surface area contributed by atoms with Crippen LogP contribution in [0.1, 0.15) is 55.9 Å². The van der Waals surface area contributed by atoms with E-state index < -0.39 is 5.60 Å². The molecule has 0 spiro atoms. The van der Waals surface area contributed by atoms with E-state index in [-0.39, 0.29) is 11.9 Å². The first-order chi connectivity index (χ1) is 13.4. The van der Waals surface area contributed by atoms with E-state index in [1.54, 1.807) is 18.3 Å². The third-order valence-electron chi connectivity index (χ3n) is 6.55. The van der Waals surface area contributed by atoms with Crippen molar-refractivity contribution in [3.63, 3.8) is 0 Å². The zero-order chi connectivity index (χ0) is 19.9. The third-order valence-corrected chi connectivity index (χ3v) is 7.09. The highest BCUT2D eigenvalue weighted by Crippen LogP contribution is 2.45. The van der Waals surface area contributed by atoms with Gasteiger partial charge in [-0.25, -0.2) is 0 Å². The van der Waals surface area contributed by atoms with Crippen LogP contribution >= 0.6 is 23.2 Å². The highest BCUT2D eigenvalue weighted by molar-refractivity contribution is 6.36. The molecule has 2 aromatic rings. The summed E-state index contributed by atoms with van der Waals surface area (Å²) in [5, 5.41) is 15.1. The van der Waals surface area contributed by atoms with Crippen molar-refractivity contribution < 1.29 is 9.90 Å². The monoisotopic (exact) mass is 420 g/mol. The maximum atomic E-state index is 12.8. The molecule has 1 aromatic carbocycles. The van der Waals surface area contributed by atoms with Crippen molar-refractivity contribution in [3.05, 3.63) is 46.2 Å². The van der Waals surface area contributed by atoms with Gasteiger partial charge in [0, 0.05) is 33.4 Å². The number of carbonyl (C=O) groups excluding carboxylic acids is 1. The number of aromatic amines is 1. The Morgan fingerprint density at radius 3 is 2.86 bits per heavy atom. The number of halogens is 2. The summed E-state index contributed by atoms with van der Waals surface area (Å²) in [6, 6.07) is 7.27. The lowest BCUT2D eigenvalue weighted by Crippen LogP contribution is -2.51. The molecule has 4 unspecified atom stereocenters. The van der Waals surface area contributed by atoms with E-state index >= 15 is 0 Å². The molecule has 28 heavy (non-hydrogen) atoms. The summed E-state index contributed by atoms with van der Waals surface area (Å²) < 4.78 is 0. The molecule has 2 aliphatic rings. The number of rotatable bonds is 4. The van der Waals surface area contributed by atoms with Crippen LogP contribution in [0.3, 0.4) is 0 Å². The van der Waals surface area contributed by atoms with Gasteiger partial charge in [0.15, 0.2) is 0 Å². The smallest absolute Gasteiger partial charge is 0.267 e. The second kappa shape index (κ2) is 7.74. The van der Waals surface area contributed by atoms with Gasteiger partial charge < -0.3 is 15.4 Å². The SMILES string of the molecule is CCC1(O)CC2CCC(NC(=O)c3cc(-c4ccc(Cl)cc4Cl)c[nH]3)C(C2)C1. The molecule has 0 aliphatic heterocycles. The molecule has 3 N–H and O–H groups in total. The number of H-pyrrole nitrogens is 1. The fourth-order valence-corrected chi connectivity index (χ4v) is 5.53. The number of aromatic nitrogens is 1. The predicted molar refractivity (Wildman–Crippen MR) is 113 cm³/mol. The molecule has 2 fully saturated rings. The first-order valence-electron chi connectivity index (χ1n) is 10.0. The number of fused-ring (bicyclic) bond motifs is 2. The van der Waals surface area contributed by atoms with Crippen LogP contribution in [0.2, 0.25) is 10.0 Å². The van der Waals surface area contributed by atoms with E-state index in [4.69, 9.17) is 23.2 Å². The Kier molecular flexibility index (Phi) is 5.47. The Labute approximate surface area is 175 Å². The van der Waals surface area contributed by atoms with Gasteiger partial charge in [-0.05, 0) is 68.6 Å². The van der Waals surface area contributed by atoms with E-state index in [2.05, 4.69) is 17.2 Å². The van der Waals surface area contributed by atoms with E-state index in [0.29, 0.717) is 27.6 Å². The van der Waals surface area contributed by atoms with Gasteiger partial charge in [0.25, 0.3) is 5.91 Å². The van der Waals surface area contributed by atoms with Gasteiger partial charge in [-0.15, -0.1) is 0 Å². The summed E-state index contributed by atoms with van der Waals surface area (Å²) in [6.07, 6.45) is 7.41. The molecule has 150 valence electrons. The molecule has 0 radical (unpaired) electrons. The number of hydrogen-bond donors (Lipinski definition) is 3. The van der Waals surface area contributed by atoms with Crippen LogP contribution in [0.4, 0.5) is 0 Å². The zero-order valence-corrected chi connectivity index (χ0v) is 17.5. The molecular weight excluding hydrogens is 395 g/mol. The summed E-state index contributed by atoms with van der Waals surface area (Å²) >= 11 is 12.3. The lowest BCUT2D eigenvalue weighted by Gasteiger charge is -2.47. The maximum Gasteiger partial charge on any atom is 0.267 e. The quantitative estimate of drug-likeness (QED) is 0.616. The molecular formula is C22H26Cl2N2O2. The topological polar surface area (TPSA) is 65.1 Å². The minimum Gasteiger partial charge on any atom is -0.390 e. The first-order valence-corrected chi connectivity index (χ1v) is 10.8. The molecule has 1 aromatic heterocycles. The van der Waals surface area contributed by atoms with Crippen molar-refractivity contribution in [2.24, 2.45) is 11.8 Å². The van der Waals surface area contributed by atoms with Gasteiger partial charge in [0.2, 0.25) is 0 Å². The lowest BCUT2D eigenvalue weighted by molar-refractivity contribution is -0.0615. The minimum atomic E-state index is -0.568. The molecule has 4 nitrogen and oxygen atoms in total. The van der Waals surface area contributed by atoms with Crippen LogP contribution in [0.15, 0.2) is 30.5 Å². The Balaban J connectivity index is 1.46. The van der Waals surface area contributed by atoms with Crippen molar-refractivity contribution in [1.82, 2.24) is 10.3 Å². The molecule has 4 rings (SSSR count). The second-order valence-corrected chi connectivity index (χ2v) is 9.28. The van der Waals surface area contributed by atoms with Crippen molar-refractivity contribution in [2.75, 3.05) is 0 Å². The average molecular weight is 421 g/mol. The number of hydrogen-bond acceptors (Lipinski definition) is 2. The molecule has 2 saturated carbocycles. The molecule has 0 saturated heterocycles. The van der Waals surface area contributed by atoms with E-state index in [1.165, 1.54) is 0 Å². The number of carbonyl (C=O) groups is 1. The number of benzene rings is 1. The van der Waals surface area contributed by atoms with Crippen molar-refractivity contribution >= 4 is 29.1 Å². The molecule has 6 heteroatoms. The van der Waals surface area contributed by atoms with Crippen LogP contribution < -0.4 is 5.32 Å². The Hall–Kier alpha value is -1.49. The van der Waals surface area contributed by atoms with Crippen LogP contribution in [0.25, 0.3) is 11.1 Å². The van der Waals surface area contributed by atoms with E-state index in [1.807, 2.05) is 12.1 Å². The zero-order valence-electron chi connectivity index (χ0n) is 16.0. The Morgan fingerprint density at radius 1 is 1.29 bits per heavy atom.